The maximum Gasteiger partial charge on any atom is 0.258 e. The third-order valence-corrected chi connectivity index (χ3v) is 5.23. The molecule has 0 unspecified atom stereocenters. The highest BCUT2D eigenvalue weighted by Crippen LogP contribution is 2.27. The third kappa shape index (κ3) is 4.53. The molecule has 3 heterocycles. The van der Waals surface area contributed by atoms with Gasteiger partial charge in [-0.25, -0.2) is 9.97 Å². The minimum absolute atomic E-state index is 0.105. The lowest BCUT2D eigenvalue weighted by Gasteiger charge is -2.12. The van der Waals surface area contributed by atoms with Crippen molar-refractivity contribution >= 4 is 29.3 Å². The SMILES string of the molecule is O=C(COc1ccc(Nc2nc(-c3ccc4c(c3)CN=C4)cn3ccnc23)cc1)NCCO. The molecule has 0 saturated carbocycles. The molecular weight excluding hydrogens is 420 g/mol. The quantitative estimate of drug-likeness (QED) is 0.387. The molecule has 1 aliphatic heterocycles. The Labute approximate surface area is 189 Å². The fraction of sp³-hybridized carbons (Fsp3) is 0.167. The number of benzene rings is 2. The summed E-state index contributed by atoms with van der Waals surface area (Å²) in [4.78, 5) is 25.2. The number of rotatable bonds is 8. The molecule has 0 bridgehead atoms. The minimum Gasteiger partial charge on any atom is -0.484 e. The van der Waals surface area contributed by atoms with E-state index < -0.39 is 0 Å². The normalized spacial score (nSPS) is 12.0. The van der Waals surface area contributed by atoms with E-state index in [0.29, 0.717) is 23.8 Å². The second-order valence-corrected chi connectivity index (χ2v) is 7.53. The van der Waals surface area contributed by atoms with Gasteiger partial charge in [0.2, 0.25) is 0 Å². The molecule has 0 saturated heterocycles. The van der Waals surface area contributed by atoms with Crippen molar-refractivity contribution in [1.82, 2.24) is 19.7 Å². The topological polar surface area (TPSA) is 113 Å². The maximum absolute atomic E-state index is 11.6. The monoisotopic (exact) mass is 442 g/mol. The van der Waals surface area contributed by atoms with E-state index in [4.69, 9.17) is 14.8 Å². The molecule has 1 aliphatic rings. The zero-order valence-corrected chi connectivity index (χ0v) is 17.7. The van der Waals surface area contributed by atoms with Crippen molar-refractivity contribution in [3.63, 3.8) is 0 Å². The summed E-state index contributed by atoms with van der Waals surface area (Å²) < 4.78 is 7.42. The first-order valence-electron chi connectivity index (χ1n) is 10.5. The zero-order chi connectivity index (χ0) is 22.6. The first kappa shape index (κ1) is 20.7. The van der Waals surface area contributed by atoms with Crippen LogP contribution in [0, 0.1) is 0 Å². The number of nitrogens with zero attached hydrogens (tertiary/aromatic N) is 4. The van der Waals surface area contributed by atoms with E-state index in [2.05, 4.69) is 32.7 Å². The number of amides is 1. The van der Waals surface area contributed by atoms with Crippen LogP contribution in [0.2, 0.25) is 0 Å². The second kappa shape index (κ2) is 9.09. The highest BCUT2D eigenvalue weighted by Gasteiger charge is 2.13. The summed E-state index contributed by atoms with van der Waals surface area (Å²) in [5.74, 6) is 0.908. The molecule has 0 atom stereocenters. The van der Waals surface area contributed by atoms with Crippen LogP contribution in [-0.4, -0.2) is 51.4 Å². The van der Waals surface area contributed by atoms with Crippen molar-refractivity contribution in [2.45, 2.75) is 6.54 Å². The van der Waals surface area contributed by atoms with Crippen LogP contribution in [0.15, 0.2) is 66.0 Å². The largest absolute Gasteiger partial charge is 0.484 e. The van der Waals surface area contributed by atoms with Crippen LogP contribution in [-0.2, 0) is 11.3 Å². The lowest BCUT2D eigenvalue weighted by Crippen LogP contribution is -2.31. The number of hydrogen-bond acceptors (Lipinski definition) is 7. The lowest BCUT2D eigenvalue weighted by atomic mass is 10.0. The summed E-state index contributed by atoms with van der Waals surface area (Å²) in [6.45, 7) is 0.681. The first-order chi connectivity index (χ1) is 16.2. The van der Waals surface area contributed by atoms with Gasteiger partial charge in [0.25, 0.3) is 5.91 Å². The van der Waals surface area contributed by atoms with Gasteiger partial charge in [-0.15, -0.1) is 0 Å². The number of nitrogens with one attached hydrogen (secondary N) is 2. The van der Waals surface area contributed by atoms with E-state index in [9.17, 15) is 4.79 Å². The summed E-state index contributed by atoms with van der Waals surface area (Å²) in [6, 6.07) is 13.5. The standard InChI is InChI=1S/C24H22N6O3/c31-10-8-26-22(32)15-33-20-5-3-19(4-6-20)28-23-24-27-7-9-30(24)14-21(29-23)16-1-2-17-12-25-13-18(17)11-16/h1-7,9,11-12,14,31H,8,10,13,15H2,(H,26,32)(H,28,29). The van der Waals surface area contributed by atoms with Crippen molar-refractivity contribution in [2.75, 3.05) is 25.1 Å². The molecule has 0 aliphatic carbocycles. The summed E-state index contributed by atoms with van der Waals surface area (Å²) in [6.07, 6.45) is 7.49. The van der Waals surface area contributed by atoms with Gasteiger partial charge in [-0.05, 0) is 41.5 Å². The third-order valence-electron chi connectivity index (χ3n) is 5.23. The van der Waals surface area contributed by atoms with Crippen LogP contribution in [0.4, 0.5) is 11.5 Å². The Kier molecular flexibility index (Phi) is 5.69. The number of ether oxygens (including phenoxy) is 1. The molecule has 0 spiro atoms. The van der Waals surface area contributed by atoms with Gasteiger partial charge < -0.3 is 24.9 Å². The van der Waals surface area contributed by atoms with Crippen LogP contribution >= 0.6 is 0 Å². The lowest BCUT2D eigenvalue weighted by molar-refractivity contribution is -0.123. The molecule has 2 aromatic heterocycles. The molecule has 4 aromatic rings. The minimum atomic E-state index is -0.285. The highest BCUT2D eigenvalue weighted by molar-refractivity contribution is 5.86. The molecule has 166 valence electrons. The molecule has 33 heavy (non-hydrogen) atoms. The average Bonchev–Trinajstić information content (AvgIpc) is 3.51. The Morgan fingerprint density at radius 2 is 2.06 bits per heavy atom. The van der Waals surface area contributed by atoms with Crippen LogP contribution in [0.3, 0.4) is 0 Å². The number of aliphatic imine (C=N–C) groups is 1. The predicted octanol–water partition coefficient (Wildman–Crippen LogP) is 2.56. The van der Waals surface area contributed by atoms with Crippen molar-refractivity contribution in [3.05, 3.63) is 72.2 Å². The Balaban J connectivity index is 1.35. The molecule has 9 nitrogen and oxygen atoms in total. The van der Waals surface area contributed by atoms with Gasteiger partial charge in [-0.1, -0.05) is 12.1 Å². The molecular formula is C24H22N6O3. The molecule has 3 N–H and O–H groups in total. The van der Waals surface area contributed by atoms with Crippen molar-refractivity contribution in [3.8, 4) is 17.0 Å². The second-order valence-electron chi connectivity index (χ2n) is 7.53. The number of imidazole rings is 1. The maximum atomic E-state index is 11.6. The number of fused-ring (bicyclic) bond motifs is 2. The molecule has 2 aromatic carbocycles. The van der Waals surface area contributed by atoms with Gasteiger partial charge in [0.15, 0.2) is 18.1 Å². The van der Waals surface area contributed by atoms with Crippen LogP contribution in [0.25, 0.3) is 16.9 Å². The number of aromatic nitrogens is 3. The number of hydrogen-bond donors (Lipinski definition) is 3. The van der Waals surface area contributed by atoms with Gasteiger partial charge in [0, 0.05) is 42.6 Å². The van der Waals surface area contributed by atoms with Gasteiger partial charge >= 0.3 is 0 Å². The molecule has 9 heteroatoms. The van der Waals surface area contributed by atoms with Crippen molar-refractivity contribution in [1.29, 1.82) is 0 Å². The van der Waals surface area contributed by atoms with Crippen molar-refractivity contribution in [2.24, 2.45) is 4.99 Å². The van der Waals surface area contributed by atoms with Crippen LogP contribution in [0.5, 0.6) is 5.75 Å². The van der Waals surface area contributed by atoms with E-state index in [1.165, 1.54) is 5.56 Å². The van der Waals surface area contributed by atoms with Gasteiger partial charge in [0.1, 0.15) is 5.75 Å². The Bertz CT molecular complexity index is 1330. The number of carbonyl (C=O) groups is 1. The van der Waals surface area contributed by atoms with Gasteiger partial charge in [-0.2, -0.15) is 0 Å². The average molecular weight is 442 g/mol. The molecule has 0 radical (unpaired) electrons. The van der Waals surface area contributed by atoms with E-state index >= 15 is 0 Å². The number of aliphatic hydroxyl groups excluding tert-OH is 1. The van der Waals surface area contributed by atoms with E-state index in [0.717, 1.165) is 22.5 Å². The van der Waals surface area contributed by atoms with Crippen LogP contribution in [0.1, 0.15) is 11.1 Å². The Morgan fingerprint density at radius 3 is 2.91 bits per heavy atom. The number of aliphatic hydroxyl groups is 1. The van der Waals surface area contributed by atoms with E-state index in [1.807, 2.05) is 41.2 Å². The van der Waals surface area contributed by atoms with E-state index in [1.54, 1.807) is 18.3 Å². The smallest absolute Gasteiger partial charge is 0.258 e. The Hall–Kier alpha value is -4.24. The summed E-state index contributed by atoms with van der Waals surface area (Å²) in [5.41, 5.74) is 5.70. The van der Waals surface area contributed by atoms with Crippen LogP contribution < -0.4 is 15.4 Å². The summed E-state index contributed by atoms with van der Waals surface area (Å²) in [7, 11) is 0. The molecule has 0 fully saturated rings. The number of carbonyl (C=O) groups excluding carboxylic acids is 1. The van der Waals surface area contributed by atoms with Gasteiger partial charge in [-0.3, -0.25) is 9.79 Å². The predicted molar refractivity (Wildman–Crippen MR) is 125 cm³/mol. The fourth-order valence-corrected chi connectivity index (χ4v) is 3.59. The van der Waals surface area contributed by atoms with Crippen molar-refractivity contribution < 1.29 is 14.6 Å². The highest BCUT2D eigenvalue weighted by atomic mass is 16.5. The molecule has 1 amide bonds. The Morgan fingerprint density at radius 1 is 1.18 bits per heavy atom. The number of anilines is 2. The first-order valence-corrected chi connectivity index (χ1v) is 10.5. The zero-order valence-electron chi connectivity index (χ0n) is 17.7. The molecule has 5 rings (SSSR count). The fourth-order valence-electron chi connectivity index (χ4n) is 3.59. The summed E-state index contributed by atoms with van der Waals surface area (Å²) in [5, 5.41) is 14.6. The van der Waals surface area contributed by atoms with E-state index in [-0.39, 0.29) is 25.7 Å². The summed E-state index contributed by atoms with van der Waals surface area (Å²) >= 11 is 0. The van der Waals surface area contributed by atoms with Gasteiger partial charge in [0.05, 0.1) is 18.8 Å².